The van der Waals surface area contributed by atoms with E-state index in [0.29, 0.717) is 0 Å². The van der Waals surface area contributed by atoms with Crippen molar-refractivity contribution in [3.05, 3.63) is 21.9 Å². The first-order valence-electron chi connectivity index (χ1n) is 3.16. The van der Waals surface area contributed by atoms with Gasteiger partial charge in [-0.05, 0) is 23.9 Å². The van der Waals surface area contributed by atoms with Crippen molar-refractivity contribution < 1.29 is 5.11 Å². The van der Waals surface area contributed by atoms with E-state index >= 15 is 0 Å². The molecule has 0 unspecified atom stereocenters. The smallest absolute Gasteiger partial charge is 0.0632 e. The number of aliphatic hydroxyl groups excluding tert-OH is 1. The largest absolute Gasteiger partial charge is 0.394 e. The molecule has 1 atom stereocenters. The lowest BCUT2D eigenvalue weighted by atomic mass is 10.2. The van der Waals surface area contributed by atoms with Gasteiger partial charge >= 0.3 is 0 Å². The van der Waals surface area contributed by atoms with Gasteiger partial charge in [-0.15, -0.1) is 23.7 Å². The molecule has 64 valence electrons. The molecule has 2 nitrogen and oxygen atoms in total. The Kier molecular flexibility index (Phi) is 4.68. The lowest BCUT2D eigenvalue weighted by Gasteiger charge is -2.05. The fraction of sp³-hybridized carbons (Fsp3) is 0.429. The third kappa shape index (κ3) is 2.45. The summed E-state index contributed by atoms with van der Waals surface area (Å²) in [7, 11) is 0. The van der Waals surface area contributed by atoms with E-state index < -0.39 is 0 Å². The summed E-state index contributed by atoms with van der Waals surface area (Å²) in [5.74, 6) is 0. The van der Waals surface area contributed by atoms with E-state index in [4.69, 9.17) is 10.8 Å². The summed E-state index contributed by atoms with van der Waals surface area (Å²) in [5, 5.41) is 10.7. The normalized spacial score (nSPS) is 12.3. The van der Waals surface area contributed by atoms with E-state index in [2.05, 4.69) is 0 Å². The van der Waals surface area contributed by atoms with Gasteiger partial charge in [-0.25, -0.2) is 0 Å². The summed E-state index contributed by atoms with van der Waals surface area (Å²) in [5.41, 5.74) is 6.77. The highest BCUT2D eigenvalue weighted by molar-refractivity contribution is 7.10. The first-order chi connectivity index (χ1) is 4.75. The number of rotatable bonds is 2. The fourth-order valence-electron chi connectivity index (χ4n) is 0.847. The topological polar surface area (TPSA) is 46.2 Å². The summed E-state index contributed by atoms with van der Waals surface area (Å²) in [6.07, 6.45) is 0. The molecule has 0 aliphatic carbocycles. The number of aliphatic hydroxyl groups is 1. The molecule has 1 aromatic heterocycles. The van der Waals surface area contributed by atoms with Crippen LogP contribution in [0.5, 0.6) is 0 Å². The van der Waals surface area contributed by atoms with Crippen molar-refractivity contribution in [2.45, 2.75) is 13.0 Å². The zero-order chi connectivity index (χ0) is 7.56. The first-order valence-corrected chi connectivity index (χ1v) is 4.04. The quantitative estimate of drug-likeness (QED) is 0.748. The van der Waals surface area contributed by atoms with Crippen LogP contribution in [0.15, 0.2) is 11.4 Å². The molecule has 1 heterocycles. The van der Waals surface area contributed by atoms with Gasteiger partial charge in [-0.2, -0.15) is 0 Å². The van der Waals surface area contributed by atoms with Crippen LogP contribution in [-0.4, -0.2) is 11.7 Å². The van der Waals surface area contributed by atoms with Crippen LogP contribution in [0.3, 0.4) is 0 Å². The summed E-state index contributed by atoms with van der Waals surface area (Å²) in [6.45, 7) is 2.03. The van der Waals surface area contributed by atoms with Gasteiger partial charge in [-0.1, -0.05) is 0 Å². The van der Waals surface area contributed by atoms with Crippen LogP contribution in [0.4, 0.5) is 0 Å². The second-order valence-electron chi connectivity index (χ2n) is 2.26. The summed E-state index contributed by atoms with van der Waals surface area (Å²) >= 11 is 1.60. The molecule has 4 heteroatoms. The van der Waals surface area contributed by atoms with Gasteiger partial charge in [-0.3, -0.25) is 0 Å². The highest BCUT2D eigenvalue weighted by Crippen LogP contribution is 2.21. The van der Waals surface area contributed by atoms with Crippen LogP contribution >= 0.6 is 23.7 Å². The van der Waals surface area contributed by atoms with Gasteiger partial charge < -0.3 is 10.8 Å². The maximum absolute atomic E-state index is 8.71. The second-order valence-corrected chi connectivity index (χ2v) is 3.20. The Morgan fingerprint density at radius 3 is 2.73 bits per heavy atom. The number of halogens is 1. The van der Waals surface area contributed by atoms with Crippen molar-refractivity contribution in [3.63, 3.8) is 0 Å². The zero-order valence-corrected chi connectivity index (χ0v) is 7.91. The fourth-order valence-corrected chi connectivity index (χ4v) is 1.77. The number of hydrogen-bond acceptors (Lipinski definition) is 3. The minimum Gasteiger partial charge on any atom is -0.394 e. The summed E-state index contributed by atoms with van der Waals surface area (Å²) in [6, 6.07) is 1.81. The molecule has 0 fully saturated rings. The van der Waals surface area contributed by atoms with Crippen LogP contribution in [-0.2, 0) is 0 Å². The molecule has 11 heavy (non-hydrogen) atoms. The molecule has 0 aliphatic heterocycles. The molecule has 0 aromatic carbocycles. The van der Waals surface area contributed by atoms with Crippen molar-refractivity contribution in [1.82, 2.24) is 0 Å². The van der Waals surface area contributed by atoms with Crippen LogP contribution in [0.2, 0.25) is 0 Å². The number of nitrogens with two attached hydrogens (primary N) is 1. The highest BCUT2D eigenvalue weighted by Gasteiger charge is 2.07. The third-order valence-electron chi connectivity index (χ3n) is 1.44. The molecular formula is C7H12ClNOS. The molecular weight excluding hydrogens is 182 g/mol. The van der Waals surface area contributed by atoms with E-state index in [0.717, 1.165) is 4.88 Å². The third-order valence-corrected chi connectivity index (χ3v) is 2.59. The second kappa shape index (κ2) is 4.72. The Morgan fingerprint density at radius 2 is 2.36 bits per heavy atom. The predicted molar refractivity (Wildman–Crippen MR) is 50.3 cm³/mol. The minimum absolute atomic E-state index is 0. The molecule has 0 amide bonds. The first kappa shape index (κ1) is 10.9. The van der Waals surface area contributed by atoms with Gasteiger partial charge in [0.05, 0.1) is 12.6 Å². The van der Waals surface area contributed by atoms with Gasteiger partial charge in [0.2, 0.25) is 0 Å². The molecule has 0 spiro atoms. The maximum atomic E-state index is 8.71. The molecule has 0 bridgehead atoms. The molecule has 3 N–H and O–H groups in total. The van der Waals surface area contributed by atoms with Crippen molar-refractivity contribution in [1.29, 1.82) is 0 Å². The lowest BCUT2D eigenvalue weighted by Crippen LogP contribution is -2.13. The Hall–Kier alpha value is -0.0900. The molecule has 0 aliphatic rings. The van der Waals surface area contributed by atoms with Crippen LogP contribution in [0, 0.1) is 6.92 Å². The van der Waals surface area contributed by atoms with E-state index in [1.807, 2.05) is 18.4 Å². The maximum Gasteiger partial charge on any atom is 0.0632 e. The van der Waals surface area contributed by atoms with Gasteiger partial charge in [0, 0.05) is 4.88 Å². The molecule has 1 aromatic rings. The van der Waals surface area contributed by atoms with E-state index in [9.17, 15) is 0 Å². The van der Waals surface area contributed by atoms with Gasteiger partial charge in [0.25, 0.3) is 0 Å². The van der Waals surface area contributed by atoms with Crippen LogP contribution in [0.25, 0.3) is 0 Å². The Balaban J connectivity index is 0.000001000. The van der Waals surface area contributed by atoms with Gasteiger partial charge in [0.1, 0.15) is 0 Å². The van der Waals surface area contributed by atoms with Crippen molar-refractivity contribution in [2.24, 2.45) is 5.73 Å². The summed E-state index contributed by atoms with van der Waals surface area (Å²) < 4.78 is 0. The number of hydrogen-bond donors (Lipinski definition) is 2. The molecule has 1 rings (SSSR count). The Morgan fingerprint density at radius 1 is 1.73 bits per heavy atom. The van der Waals surface area contributed by atoms with Crippen LogP contribution < -0.4 is 5.73 Å². The van der Waals surface area contributed by atoms with E-state index in [-0.39, 0.29) is 25.1 Å². The van der Waals surface area contributed by atoms with E-state index in [1.54, 1.807) is 11.3 Å². The Labute approximate surface area is 76.5 Å². The van der Waals surface area contributed by atoms with Crippen molar-refractivity contribution in [2.75, 3.05) is 6.61 Å². The zero-order valence-electron chi connectivity index (χ0n) is 6.28. The molecule has 0 saturated heterocycles. The van der Waals surface area contributed by atoms with Crippen molar-refractivity contribution in [3.8, 4) is 0 Å². The molecule has 0 saturated carbocycles. The lowest BCUT2D eigenvalue weighted by molar-refractivity contribution is 0.269. The number of aryl methyl sites for hydroxylation is 1. The van der Waals surface area contributed by atoms with Gasteiger partial charge in [0.15, 0.2) is 0 Å². The minimum atomic E-state index is -0.194. The highest BCUT2D eigenvalue weighted by atomic mass is 35.5. The van der Waals surface area contributed by atoms with E-state index in [1.165, 1.54) is 5.56 Å². The Bertz CT molecular complexity index is 214. The average Bonchev–Trinajstić information content (AvgIpc) is 2.34. The average molecular weight is 194 g/mol. The standard InChI is InChI=1S/C7H11NOS.ClH/c1-5-2-3-10-7(5)6(8)4-9;/h2-3,6,9H,4,8H2,1H3;1H/t6-;/m0./s1. The molecule has 0 radical (unpaired) electrons. The number of thiophene rings is 1. The van der Waals surface area contributed by atoms with Crippen molar-refractivity contribution >= 4 is 23.7 Å². The summed E-state index contributed by atoms with van der Waals surface area (Å²) in [4.78, 5) is 1.09. The predicted octanol–water partition coefficient (Wildman–Crippen LogP) is 1.47. The monoisotopic (exact) mass is 193 g/mol. The van der Waals surface area contributed by atoms with Crippen LogP contribution in [0.1, 0.15) is 16.5 Å². The SMILES string of the molecule is Cc1ccsc1[C@@H](N)CO.Cl.